The van der Waals surface area contributed by atoms with Crippen LogP contribution in [0.1, 0.15) is 13.8 Å². The molecule has 1 rings (SSSR count). The molecule has 6 nitrogen and oxygen atoms in total. The summed E-state index contributed by atoms with van der Waals surface area (Å²) in [6, 6.07) is 4.50. The highest BCUT2D eigenvalue weighted by Crippen LogP contribution is 2.22. The normalized spacial score (nSPS) is 10.9. The lowest BCUT2D eigenvalue weighted by Gasteiger charge is -2.22. The number of halogens is 1. The highest BCUT2D eigenvalue weighted by atomic mass is 35.5. The van der Waals surface area contributed by atoms with Crippen molar-refractivity contribution in [3.8, 4) is 0 Å². The number of hydrogen-bond donors (Lipinski definition) is 4. The van der Waals surface area contributed by atoms with Gasteiger partial charge in [0.05, 0.1) is 22.9 Å². The van der Waals surface area contributed by atoms with Crippen LogP contribution in [-0.2, 0) is 9.59 Å². The topological polar surface area (TPSA) is 104 Å². The van der Waals surface area contributed by atoms with E-state index < -0.39 is 17.4 Å². The van der Waals surface area contributed by atoms with Gasteiger partial charge in [0.15, 0.2) is 0 Å². The second-order valence-corrected chi connectivity index (χ2v) is 5.09. The smallest absolute Gasteiger partial charge is 0.313 e. The first kappa shape index (κ1) is 15.3. The number of carbonyl (C=O) groups is 2. The molecule has 0 radical (unpaired) electrons. The summed E-state index contributed by atoms with van der Waals surface area (Å²) in [5.41, 5.74) is 5.40. The molecule has 1 aromatic rings. The Balaban J connectivity index is 2.69. The molecule has 0 aliphatic rings. The summed E-state index contributed by atoms with van der Waals surface area (Å²) in [4.78, 5) is 23.2. The highest BCUT2D eigenvalue weighted by Gasteiger charge is 2.23. The van der Waals surface area contributed by atoms with Crippen molar-refractivity contribution in [2.45, 2.75) is 19.4 Å². The lowest BCUT2D eigenvalue weighted by Crippen LogP contribution is -2.50. The minimum atomic E-state index is -0.868. The van der Waals surface area contributed by atoms with E-state index in [4.69, 9.17) is 22.4 Å². The number of aliphatic hydroxyl groups is 1. The number of nitrogens with one attached hydrogen (secondary N) is 2. The average molecular weight is 286 g/mol. The summed E-state index contributed by atoms with van der Waals surface area (Å²) in [6.45, 7) is 2.91. The van der Waals surface area contributed by atoms with Crippen molar-refractivity contribution >= 4 is 34.8 Å². The Hall–Kier alpha value is -1.79. The number of aliphatic hydroxyl groups excluding tert-OH is 1. The zero-order valence-electron chi connectivity index (χ0n) is 10.7. The van der Waals surface area contributed by atoms with E-state index in [1.807, 2.05) is 0 Å². The van der Waals surface area contributed by atoms with Crippen LogP contribution in [0, 0.1) is 0 Å². The Bertz CT molecular complexity index is 503. The highest BCUT2D eigenvalue weighted by molar-refractivity contribution is 6.40. The molecule has 0 aliphatic carbocycles. The van der Waals surface area contributed by atoms with Gasteiger partial charge in [0, 0.05) is 5.69 Å². The van der Waals surface area contributed by atoms with Crippen molar-refractivity contribution in [2.75, 3.05) is 17.7 Å². The van der Waals surface area contributed by atoms with Crippen LogP contribution in [0.15, 0.2) is 18.2 Å². The van der Waals surface area contributed by atoms with Crippen LogP contribution in [0.2, 0.25) is 5.02 Å². The zero-order valence-corrected chi connectivity index (χ0v) is 11.4. The fraction of sp³-hybridized carbons (Fsp3) is 0.333. The molecule has 19 heavy (non-hydrogen) atoms. The molecule has 0 aromatic heterocycles. The molecule has 104 valence electrons. The van der Waals surface area contributed by atoms with Crippen molar-refractivity contribution in [1.82, 2.24) is 5.32 Å². The SMILES string of the molecule is CC(C)(CO)NC(=O)C(=O)Nc1ccc(N)c(Cl)c1. The maximum absolute atomic E-state index is 11.6. The summed E-state index contributed by atoms with van der Waals surface area (Å²) < 4.78 is 0. The minimum absolute atomic E-state index is 0.278. The van der Waals surface area contributed by atoms with Crippen LogP contribution in [-0.4, -0.2) is 29.1 Å². The fourth-order valence-corrected chi connectivity index (χ4v) is 1.38. The lowest BCUT2D eigenvalue weighted by molar-refractivity contribution is -0.137. The Morgan fingerprint density at radius 2 is 2.00 bits per heavy atom. The molecule has 0 atom stereocenters. The van der Waals surface area contributed by atoms with Crippen LogP contribution < -0.4 is 16.4 Å². The van der Waals surface area contributed by atoms with Gasteiger partial charge in [-0.05, 0) is 32.0 Å². The van der Waals surface area contributed by atoms with E-state index in [2.05, 4.69) is 10.6 Å². The van der Waals surface area contributed by atoms with E-state index in [0.29, 0.717) is 11.4 Å². The summed E-state index contributed by atoms with van der Waals surface area (Å²) in [5, 5.41) is 14.1. The van der Waals surface area contributed by atoms with Crippen LogP contribution in [0.5, 0.6) is 0 Å². The molecular formula is C12H16ClN3O3. The molecule has 5 N–H and O–H groups in total. The van der Waals surface area contributed by atoms with E-state index in [1.54, 1.807) is 13.8 Å². The lowest BCUT2D eigenvalue weighted by atomic mass is 10.1. The van der Waals surface area contributed by atoms with Gasteiger partial charge in [-0.1, -0.05) is 11.6 Å². The maximum atomic E-state index is 11.6. The second kappa shape index (κ2) is 5.90. The van der Waals surface area contributed by atoms with E-state index in [1.165, 1.54) is 18.2 Å². The van der Waals surface area contributed by atoms with Gasteiger partial charge in [-0.2, -0.15) is 0 Å². The molecule has 0 spiro atoms. The van der Waals surface area contributed by atoms with Gasteiger partial charge >= 0.3 is 11.8 Å². The first-order valence-corrected chi connectivity index (χ1v) is 5.92. The number of anilines is 2. The van der Waals surface area contributed by atoms with Gasteiger partial charge in [-0.3, -0.25) is 9.59 Å². The second-order valence-electron chi connectivity index (χ2n) is 4.69. The minimum Gasteiger partial charge on any atom is -0.398 e. The molecule has 0 bridgehead atoms. The third kappa shape index (κ3) is 4.42. The molecule has 0 saturated carbocycles. The van der Waals surface area contributed by atoms with Crippen molar-refractivity contribution in [1.29, 1.82) is 0 Å². The predicted octanol–water partition coefficient (Wildman–Crippen LogP) is 0.748. The number of amides is 2. The largest absolute Gasteiger partial charge is 0.398 e. The summed E-state index contributed by atoms with van der Waals surface area (Å²) >= 11 is 5.80. The van der Waals surface area contributed by atoms with E-state index in [9.17, 15) is 9.59 Å². The molecule has 0 aliphatic heterocycles. The van der Waals surface area contributed by atoms with E-state index in [0.717, 1.165) is 0 Å². The number of nitrogens with two attached hydrogens (primary N) is 1. The quantitative estimate of drug-likeness (QED) is 0.486. The van der Waals surface area contributed by atoms with Crippen molar-refractivity contribution < 1.29 is 14.7 Å². The van der Waals surface area contributed by atoms with Crippen LogP contribution >= 0.6 is 11.6 Å². The number of rotatable bonds is 3. The molecular weight excluding hydrogens is 270 g/mol. The summed E-state index contributed by atoms with van der Waals surface area (Å²) in [6.07, 6.45) is 0. The molecule has 0 saturated heterocycles. The summed E-state index contributed by atoms with van der Waals surface area (Å²) in [7, 11) is 0. The Labute approximate surface area is 115 Å². The number of carbonyl (C=O) groups excluding carboxylic acids is 2. The number of nitrogen functional groups attached to an aromatic ring is 1. The first-order valence-electron chi connectivity index (χ1n) is 5.54. The number of benzene rings is 1. The first-order chi connectivity index (χ1) is 8.75. The monoisotopic (exact) mass is 285 g/mol. The van der Waals surface area contributed by atoms with E-state index >= 15 is 0 Å². The van der Waals surface area contributed by atoms with Crippen LogP contribution in [0.4, 0.5) is 11.4 Å². The molecule has 7 heteroatoms. The third-order valence-electron chi connectivity index (χ3n) is 2.31. The fourth-order valence-electron chi connectivity index (χ4n) is 1.20. The average Bonchev–Trinajstić information content (AvgIpc) is 2.33. The standard InChI is InChI=1S/C12H16ClN3O3/c1-12(2,6-17)16-11(19)10(18)15-7-3-4-9(14)8(13)5-7/h3-5,17H,6,14H2,1-2H3,(H,15,18)(H,16,19). The zero-order chi connectivity index (χ0) is 14.6. The van der Waals surface area contributed by atoms with Gasteiger partial charge in [0.1, 0.15) is 0 Å². The Morgan fingerprint density at radius 1 is 1.37 bits per heavy atom. The van der Waals surface area contributed by atoms with Crippen molar-refractivity contribution in [3.63, 3.8) is 0 Å². The van der Waals surface area contributed by atoms with Crippen LogP contribution in [0.3, 0.4) is 0 Å². The van der Waals surface area contributed by atoms with Gasteiger partial charge < -0.3 is 21.5 Å². The van der Waals surface area contributed by atoms with Gasteiger partial charge in [0.25, 0.3) is 0 Å². The molecule has 1 aromatic carbocycles. The maximum Gasteiger partial charge on any atom is 0.313 e. The molecule has 0 heterocycles. The van der Waals surface area contributed by atoms with Gasteiger partial charge in [-0.15, -0.1) is 0 Å². The Kier molecular flexibility index (Phi) is 4.74. The predicted molar refractivity (Wildman–Crippen MR) is 73.8 cm³/mol. The molecule has 0 fully saturated rings. The molecule has 2 amide bonds. The summed E-state index contributed by atoms with van der Waals surface area (Å²) in [5.74, 6) is -1.69. The van der Waals surface area contributed by atoms with Crippen molar-refractivity contribution in [3.05, 3.63) is 23.2 Å². The van der Waals surface area contributed by atoms with E-state index in [-0.39, 0.29) is 11.6 Å². The number of hydrogen-bond acceptors (Lipinski definition) is 4. The Morgan fingerprint density at radius 3 is 2.53 bits per heavy atom. The molecule has 0 unspecified atom stereocenters. The van der Waals surface area contributed by atoms with Crippen LogP contribution in [0.25, 0.3) is 0 Å². The third-order valence-corrected chi connectivity index (χ3v) is 2.64. The van der Waals surface area contributed by atoms with Gasteiger partial charge in [-0.25, -0.2) is 0 Å². The van der Waals surface area contributed by atoms with Crippen molar-refractivity contribution in [2.24, 2.45) is 0 Å². The van der Waals surface area contributed by atoms with Gasteiger partial charge in [0.2, 0.25) is 0 Å².